The minimum absolute atomic E-state index is 0.151. The van der Waals surface area contributed by atoms with E-state index in [0.717, 1.165) is 5.56 Å². The molecule has 1 fully saturated rings. The molecular weight excluding hydrogens is 222 g/mol. The highest BCUT2D eigenvalue weighted by atomic mass is 16.5. The molecule has 3 N–H and O–H groups in total. The molecule has 2 amide bonds. The number of nitrogens with two attached hydrogens (primary N) is 1. The highest BCUT2D eigenvalue weighted by molar-refractivity contribution is 5.89. The molecule has 94 valence electrons. The molecule has 2 heterocycles. The summed E-state index contributed by atoms with van der Waals surface area (Å²) in [4.78, 5) is 13.6. The third kappa shape index (κ3) is 2.75. The van der Waals surface area contributed by atoms with E-state index in [-0.39, 0.29) is 6.03 Å². The molecule has 0 aliphatic carbocycles. The lowest BCUT2D eigenvalue weighted by Gasteiger charge is -2.26. The van der Waals surface area contributed by atoms with Crippen LogP contribution in [-0.2, 0) is 18.3 Å². The van der Waals surface area contributed by atoms with E-state index in [4.69, 9.17) is 10.5 Å². The Kier molecular flexibility index (Phi) is 3.60. The van der Waals surface area contributed by atoms with Gasteiger partial charge in [-0.1, -0.05) is 0 Å². The lowest BCUT2D eigenvalue weighted by molar-refractivity contribution is 0.0564. The summed E-state index contributed by atoms with van der Waals surface area (Å²) in [5, 5.41) is 6.93. The van der Waals surface area contributed by atoms with Gasteiger partial charge in [0.05, 0.1) is 13.2 Å². The first-order chi connectivity index (χ1) is 8.20. The predicted octanol–water partition coefficient (Wildman–Crippen LogP) is -0.257. The Morgan fingerprint density at radius 3 is 2.94 bits per heavy atom. The van der Waals surface area contributed by atoms with E-state index < -0.39 is 0 Å². The predicted molar refractivity (Wildman–Crippen MR) is 62.5 cm³/mol. The minimum Gasteiger partial charge on any atom is -0.378 e. The molecule has 0 aromatic carbocycles. The van der Waals surface area contributed by atoms with Crippen LogP contribution < -0.4 is 11.1 Å². The van der Waals surface area contributed by atoms with Crippen molar-refractivity contribution >= 4 is 11.8 Å². The smallest absolute Gasteiger partial charge is 0.323 e. The van der Waals surface area contributed by atoms with Gasteiger partial charge in [0, 0.05) is 38.4 Å². The van der Waals surface area contributed by atoms with E-state index in [0.29, 0.717) is 38.7 Å². The number of carbonyl (C=O) groups excluding carboxylic acids is 1. The van der Waals surface area contributed by atoms with E-state index in [1.807, 2.05) is 0 Å². The number of nitrogens with one attached hydrogen (secondary N) is 1. The SMILES string of the molecule is Cn1cc(CN)c(NC(=O)N2CCOCC2)n1. The molecule has 2 rings (SSSR count). The first-order valence-electron chi connectivity index (χ1n) is 5.57. The summed E-state index contributed by atoms with van der Waals surface area (Å²) in [5.41, 5.74) is 6.41. The largest absolute Gasteiger partial charge is 0.378 e. The number of ether oxygens (including phenoxy) is 1. The Labute approximate surface area is 99.5 Å². The van der Waals surface area contributed by atoms with Crippen molar-refractivity contribution < 1.29 is 9.53 Å². The van der Waals surface area contributed by atoms with Gasteiger partial charge in [-0.2, -0.15) is 5.10 Å². The van der Waals surface area contributed by atoms with Crippen LogP contribution in [0.2, 0.25) is 0 Å². The normalized spacial score (nSPS) is 16.0. The van der Waals surface area contributed by atoms with Crippen molar-refractivity contribution in [2.24, 2.45) is 12.8 Å². The highest BCUT2D eigenvalue weighted by Gasteiger charge is 2.18. The summed E-state index contributed by atoms with van der Waals surface area (Å²) >= 11 is 0. The van der Waals surface area contributed by atoms with Gasteiger partial charge >= 0.3 is 6.03 Å². The highest BCUT2D eigenvalue weighted by Crippen LogP contribution is 2.12. The minimum atomic E-state index is -0.151. The zero-order chi connectivity index (χ0) is 12.3. The Morgan fingerprint density at radius 2 is 2.29 bits per heavy atom. The van der Waals surface area contributed by atoms with Crippen LogP contribution in [0.25, 0.3) is 0 Å². The zero-order valence-electron chi connectivity index (χ0n) is 9.85. The van der Waals surface area contributed by atoms with Gasteiger partial charge in [0.15, 0.2) is 5.82 Å². The van der Waals surface area contributed by atoms with Crippen molar-refractivity contribution in [2.75, 3.05) is 31.6 Å². The molecule has 17 heavy (non-hydrogen) atoms. The fourth-order valence-electron chi connectivity index (χ4n) is 1.74. The lowest BCUT2D eigenvalue weighted by atomic mass is 10.3. The average Bonchev–Trinajstić information content (AvgIpc) is 2.70. The van der Waals surface area contributed by atoms with Crippen molar-refractivity contribution in [3.05, 3.63) is 11.8 Å². The number of morpholine rings is 1. The molecule has 0 unspecified atom stereocenters. The Morgan fingerprint density at radius 1 is 1.59 bits per heavy atom. The second kappa shape index (κ2) is 5.15. The molecule has 1 aromatic rings. The molecule has 1 aliphatic rings. The summed E-state index contributed by atoms with van der Waals surface area (Å²) in [7, 11) is 1.80. The van der Waals surface area contributed by atoms with E-state index in [9.17, 15) is 4.79 Å². The van der Waals surface area contributed by atoms with Crippen molar-refractivity contribution in [1.82, 2.24) is 14.7 Å². The maximum Gasteiger partial charge on any atom is 0.323 e. The van der Waals surface area contributed by atoms with Crippen LogP contribution in [-0.4, -0.2) is 47.0 Å². The van der Waals surface area contributed by atoms with E-state index in [1.165, 1.54) is 0 Å². The fraction of sp³-hybridized carbons (Fsp3) is 0.600. The van der Waals surface area contributed by atoms with Gasteiger partial charge in [-0.25, -0.2) is 4.79 Å². The topological polar surface area (TPSA) is 85.4 Å². The van der Waals surface area contributed by atoms with Crippen LogP contribution in [0, 0.1) is 0 Å². The first kappa shape index (κ1) is 11.9. The molecule has 1 aliphatic heterocycles. The first-order valence-corrected chi connectivity index (χ1v) is 5.57. The Hall–Kier alpha value is -1.60. The van der Waals surface area contributed by atoms with E-state index in [1.54, 1.807) is 22.8 Å². The van der Waals surface area contributed by atoms with Gasteiger partial charge in [0.25, 0.3) is 0 Å². The summed E-state index contributed by atoms with van der Waals surface area (Å²) < 4.78 is 6.82. The number of amides is 2. The van der Waals surface area contributed by atoms with Crippen molar-refractivity contribution in [2.45, 2.75) is 6.54 Å². The molecule has 7 nitrogen and oxygen atoms in total. The Balaban J connectivity index is 2.01. The monoisotopic (exact) mass is 239 g/mol. The quantitative estimate of drug-likeness (QED) is 0.744. The number of nitrogens with zero attached hydrogens (tertiary/aromatic N) is 3. The molecule has 0 bridgehead atoms. The van der Waals surface area contributed by atoms with Gasteiger partial charge in [0.2, 0.25) is 0 Å². The molecule has 1 aromatic heterocycles. The number of carbonyl (C=O) groups is 1. The van der Waals surface area contributed by atoms with Gasteiger partial charge in [-0.05, 0) is 0 Å². The van der Waals surface area contributed by atoms with Crippen molar-refractivity contribution in [3.8, 4) is 0 Å². The molecule has 0 saturated carbocycles. The van der Waals surface area contributed by atoms with Gasteiger partial charge in [-0.15, -0.1) is 0 Å². The van der Waals surface area contributed by atoms with Crippen LogP contribution in [0.4, 0.5) is 10.6 Å². The summed E-state index contributed by atoms with van der Waals surface area (Å²) in [6, 6.07) is -0.151. The molecule has 0 radical (unpaired) electrons. The van der Waals surface area contributed by atoms with Crippen LogP contribution >= 0.6 is 0 Å². The lowest BCUT2D eigenvalue weighted by Crippen LogP contribution is -2.43. The van der Waals surface area contributed by atoms with Crippen LogP contribution in [0.5, 0.6) is 0 Å². The van der Waals surface area contributed by atoms with Crippen molar-refractivity contribution in [3.63, 3.8) is 0 Å². The third-order valence-corrected chi connectivity index (χ3v) is 2.65. The number of anilines is 1. The zero-order valence-corrected chi connectivity index (χ0v) is 9.85. The number of aryl methyl sites for hydroxylation is 1. The maximum absolute atomic E-state index is 11.9. The second-order valence-electron chi connectivity index (χ2n) is 3.91. The number of aromatic nitrogens is 2. The summed E-state index contributed by atoms with van der Waals surface area (Å²) in [5.74, 6) is 0.534. The summed E-state index contributed by atoms with van der Waals surface area (Å²) in [6.45, 7) is 2.73. The number of hydrogen-bond acceptors (Lipinski definition) is 4. The number of hydrogen-bond donors (Lipinski definition) is 2. The second-order valence-corrected chi connectivity index (χ2v) is 3.91. The Bertz CT molecular complexity index is 397. The van der Waals surface area contributed by atoms with Crippen molar-refractivity contribution in [1.29, 1.82) is 0 Å². The molecule has 0 spiro atoms. The third-order valence-electron chi connectivity index (χ3n) is 2.65. The molecule has 0 atom stereocenters. The van der Waals surface area contributed by atoms with Gasteiger partial charge in [-0.3, -0.25) is 10.00 Å². The van der Waals surface area contributed by atoms with E-state index in [2.05, 4.69) is 10.4 Å². The van der Waals surface area contributed by atoms with Crippen LogP contribution in [0.15, 0.2) is 6.20 Å². The average molecular weight is 239 g/mol. The fourth-order valence-corrected chi connectivity index (χ4v) is 1.74. The van der Waals surface area contributed by atoms with Crippen LogP contribution in [0.3, 0.4) is 0 Å². The van der Waals surface area contributed by atoms with Crippen LogP contribution in [0.1, 0.15) is 5.56 Å². The molecule has 1 saturated heterocycles. The standard InChI is InChI=1S/C10H17N5O2/c1-14-7-8(6-11)9(13-14)12-10(16)15-2-4-17-5-3-15/h7H,2-6,11H2,1H3,(H,12,13,16). The summed E-state index contributed by atoms with van der Waals surface area (Å²) in [6.07, 6.45) is 1.80. The number of urea groups is 1. The van der Waals surface area contributed by atoms with Gasteiger partial charge < -0.3 is 15.4 Å². The number of rotatable bonds is 2. The maximum atomic E-state index is 11.9. The molecule has 7 heteroatoms. The molecular formula is C10H17N5O2. The van der Waals surface area contributed by atoms with Gasteiger partial charge in [0.1, 0.15) is 0 Å². The van der Waals surface area contributed by atoms with E-state index >= 15 is 0 Å².